The first-order valence-corrected chi connectivity index (χ1v) is 3.70. The normalized spacial score (nSPS) is 17.0. The fourth-order valence-corrected chi connectivity index (χ4v) is 0.849. The second-order valence-electron chi connectivity index (χ2n) is 2.47. The average Bonchev–Trinajstić information content (AvgIpc) is 2.31. The number of hydrogen-bond acceptors (Lipinski definition) is 3. The first-order valence-electron chi connectivity index (χ1n) is 3.70. The van der Waals surface area contributed by atoms with E-state index in [1.807, 2.05) is 11.9 Å². The third kappa shape index (κ3) is 1.64. The predicted molar refractivity (Wildman–Crippen MR) is 39.6 cm³/mol. The van der Waals surface area contributed by atoms with Crippen molar-refractivity contribution in [3.8, 4) is 0 Å². The fraction of sp³-hybridized carbons (Fsp3) is 0.714. The van der Waals surface area contributed by atoms with E-state index in [9.17, 15) is 0 Å². The van der Waals surface area contributed by atoms with E-state index in [2.05, 4.69) is 12.5 Å². The molecule has 0 aromatic heterocycles. The summed E-state index contributed by atoms with van der Waals surface area (Å²) in [5.74, 6) is 0. The second-order valence-corrected chi connectivity index (χ2v) is 2.47. The molecule has 1 aliphatic heterocycles. The second kappa shape index (κ2) is 3.46. The Hall–Kier alpha value is -0.700. The molecule has 0 saturated carbocycles. The van der Waals surface area contributed by atoms with E-state index in [-0.39, 0.29) is 0 Å². The van der Waals surface area contributed by atoms with Crippen molar-refractivity contribution in [2.45, 2.75) is 26.7 Å². The lowest BCUT2D eigenvalue weighted by Crippen LogP contribution is -2.30. The molecular formula is C7H14N2O. The first kappa shape index (κ1) is 7.41. The molecule has 1 rings (SSSR count). The van der Waals surface area contributed by atoms with Crippen LogP contribution in [-0.4, -0.2) is 11.6 Å². The molecule has 3 nitrogen and oxygen atoms in total. The van der Waals surface area contributed by atoms with E-state index in [1.165, 1.54) is 12.8 Å². The highest BCUT2D eigenvalue weighted by Gasteiger charge is 2.09. The highest BCUT2D eigenvalue weighted by molar-refractivity contribution is 4.93. The molecule has 0 saturated heterocycles. The van der Waals surface area contributed by atoms with Crippen LogP contribution < -0.4 is 5.59 Å². The zero-order valence-corrected chi connectivity index (χ0v) is 6.55. The SMILES string of the molecule is CCCCN1NOC=C1C. The van der Waals surface area contributed by atoms with E-state index in [1.54, 1.807) is 6.26 Å². The lowest BCUT2D eigenvalue weighted by Gasteiger charge is -2.16. The number of unbranched alkanes of at least 4 members (excludes halogenated alkanes) is 1. The van der Waals surface area contributed by atoms with Gasteiger partial charge in [0.2, 0.25) is 0 Å². The van der Waals surface area contributed by atoms with Gasteiger partial charge < -0.3 is 4.84 Å². The maximum Gasteiger partial charge on any atom is 0.134 e. The summed E-state index contributed by atoms with van der Waals surface area (Å²) in [7, 11) is 0. The summed E-state index contributed by atoms with van der Waals surface area (Å²) >= 11 is 0. The smallest absolute Gasteiger partial charge is 0.134 e. The van der Waals surface area contributed by atoms with Crippen LogP contribution >= 0.6 is 0 Å². The molecule has 0 unspecified atom stereocenters. The maximum absolute atomic E-state index is 4.88. The molecule has 10 heavy (non-hydrogen) atoms. The molecular weight excluding hydrogens is 128 g/mol. The Labute approximate surface area is 61.6 Å². The van der Waals surface area contributed by atoms with Crippen LogP contribution in [0.3, 0.4) is 0 Å². The highest BCUT2D eigenvalue weighted by Crippen LogP contribution is 2.07. The van der Waals surface area contributed by atoms with Crippen LogP contribution in [-0.2, 0) is 4.84 Å². The largest absolute Gasteiger partial charge is 0.395 e. The molecule has 3 heteroatoms. The van der Waals surface area contributed by atoms with E-state index in [0.29, 0.717) is 0 Å². The van der Waals surface area contributed by atoms with Crippen LogP contribution in [0.15, 0.2) is 12.0 Å². The molecule has 0 aromatic carbocycles. The molecule has 0 radical (unpaired) electrons. The number of hydrogen-bond donors (Lipinski definition) is 1. The molecule has 0 spiro atoms. The van der Waals surface area contributed by atoms with Crippen LogP contribution in [0.1, 0.15) is 26.7 Å². The molecule has 1 aliphatic rings. The minimum absolute atomic E-state index is 1.03. The van der Waals surface area contributed by atoms with Gasteiger partial charge in [0.05, 0.1) is 5.70 Å². The van der Waals surface area contributed by atoms with Gasteiger partial charge in [-0.2, -0.15) is 0 Å². The van der Waals surface area contributed by atoms with Crippen molar-refractivity contribution in [1.82, 2.24) is 10.6 Å². The minimum Gasteiger partial charge on any atom is -0.395 e. The molecule has 0 aliphatic carbocycles. The first-order chi connectivity index (χ1) is 4.84. The van der Waals surface area contributed by atoms with Crippen molar-refractivity contribution in [2.75, 3.05) is 6.54 Å². The van der Waals surface area contributed by atoms with Crippen LogP contribution in [0, 0.1) is 0 Å². The molecule has 1 N–H and O–H groups in total. The molecule has 0 aromatic rings. The number of rotatable bonds is 3. The van der Waals surface area contributed by atoms with Crippen molar-refractivity contribution < 1.29 is 4.84 Å². The number of nitrogens with one attached hydrogen (secondary N) is 1. The van der Waals surface area contributed by atoms with Crippen LogP contribution in [0.5, 0.6) is 0 Å². The third-order valence-electron chi connectivity index (χ3n) is 1.55. The minimum atomic E-state index is 1.03. The fourth-order valence-electron chi connectivity index (χ4n) is 0.849. The summed E-state index contributed by atoms with van der Waals surface area (Å²) in [4.78, 5) is 4.88. The van der Waals surface area contributed by atoms with Gasteiger partial charge in [0.25, 0.3) is 0 Å². The Morgan fingerprint density at radius 3 is 3.00 bits per heavy atom. The van der Waals surface area contributed by atoms with Crippen molar-refractivity contribution in [3.05, 3.63) is 12.0 Å². The molecule has 0 atom stereocenters. The Balaban J connectivity index is 2.22. The standard InChI is InChI=1S/C7H14N2O/c1-3-4-5-9-7(2)6-10-8-9/h6,8H,3-5H2,1-2H3. The van der Waals surface area contributed by atoms with Gasteiger partial charge in [-0.05, 0) is 13.3 Å². The van der Waals surface area contributed by atoms with Crippen LogP contribution in [0.4, 0.5) is 0 Å². The molecule has 0 fully saturated rings. The van der Waals surface area contributed by atoms with E-state index in [0.717, 1.165) is 12.2 Å². The molecule has 58 valence electrons. The number of hydrazine groups is 1. The quantitative estimate of drug-likeness (QED) is 0.644. The summed E-state index contributed by atoms with van der Waals surface area (Å²) in [5, 5.41) is 2.00. The topological polar surface area (TPSA) is 24.5 Å². The van der Waals surface area contributed by atoms with Crippen LogP contribution in [0.2, 0.25) is 0 Å². The summed E-state index contributed by atoms with van der Waals surface area (Å²) in [6.45, 7) is 5.23. The highest BCUT2D eigenvalue weighted by atomic mass is 16.7. The zero-order chi connectivity index (χ0) is 7.40. The van der Waals surface area contributed by atoms with Crippen molar-refractivity contribution in [2.24, 2.45) is 0 Å². The summed E-state index contributed by atoms with van der Waals surface area (Å²) < 4.78 is 0. The molecule has 0 bridgehead atoms. The summed E-state index contributed by atoms with van der Waals surface area (Å²) in [6.07, 6.45) is 4.13. The van der Waals surface area contributed by atoms with Gasteiger partial charge >= 0.3 is 0 Å². The van der Waals surface area contributed by atoms with Crippen molar-refractivity contribution >= 4 is 0 Å². The van der Waals surface area contributed by atoms with Gasteiger partial charge in [0, 0.05) is 6.54 Å². The van der Waals surface area contributed by atoms with Crippen LogP contribution in [0.25, 0.3) is 0 Å². The van der Waals surface area contributed by atoms with Gasteiger partial charge in [-0.3, -0.25) is 5.01 Å². The van der Waals surface area contributed by atoms with Crippen molar-refractivity contribution in [3.63, 3.8) is 0 Å². The zero-order valence-electron chi connectivity index (χ0n) is 6.55. The summed E-state index contributed by atoms with van der Waals surface area (Å²) in [6, 6.07) is 0. The van der Waals surface area contributed by atoms with E-state index < -0.39 is 0 Å². The predicted octanol–water partition coefficient (Wildman–Crippen LogP) is 1.40. The Morgan fingerprint density at radius 2 is 2.50 bits per heavy atom. The van der Waals surface area contributed by atoms with Gasteiger partial charge in [0.1, 0.15) is 6.26 Å². The Morgan fingerprint density at radius 1 is 1.70 bits per heavy atom. The third-order valence-corrected chi connectivity index (χ3v) is 1.55. The van der Waals surface area contributed by atoms with Gasteiger partial charge in [-0.25, -0.2) is 0 Å². The van der Waals surface area contributed by atoms with E-state index >= 15 is 0 Å². The molecule has 1 heterocycles. The van der Waals surface area contributed by atoms with E-state index in [4.69, 9.17) is 4.84 Å². The van der Waals surface area contributed by atoms with Gasteiger partial charge in [-0.1, -0.05) is 18.9 Å². The lowest BCUT2D eigenvalue weighted by atomic mass is 10.3. The summed E-state index contributed by atoms with van der Waals surface area (Å²) in [5.41, 5.74) is 3.93. The lowest BCUT2D eigenvalue weighted by molar-refractivity contribution is 0.0310. The Kier molecular flexibility index (Phi) is 2.57. The number of nitrogens with zero attached hydrogens (tertiary/aromatic N) is 1. The average molecular weight is 142 g/mol. The number of allylic oxidation sites excluding steroid dienone is 1. The molecule has 0 amide bonds. The van der Waals surface area contributed by atoms with Gasteiger partial charge in [0.15, 0.2) is 0 Å². The monoisotopic (exact) mass is 142 g/mol. The Bertz CT molecular complexity index is 134. The van der Waals surface area contributed by atoms with Crippen molar-refractivity contribution in [1.29, 1.82) is 0 Å². The maximum atomic E-state index is 4.88. The van der Waals surface area contributed by atoms with Gasteiger partial charge in [-0.15, -0.1) is 0 Å².